The Balaban J connectivity index is 1.97. The van der Waals surface area contributed by atoms with Gasteiger partial charge < -0.3 is 14.9 Å². The van der Waals surface area contributed by atoms with Gasteiger partial charge in [0.25, 0.3) is 0 Å². The molecule has 2 amide bonds. The fourth-order valence-corrected chi connectivity index (χ4v) is 2.92. The van der Waals surface area contributed by atoms with Crippen LogP contribution < -0.4 is 0 Å². The Morgan fingerprint density at radius 1 is 1.11 bits per heavy atom. The third-order valence-corrected chi connectivity index (χ3v) is 4.09. The Labute approximate surface area is 108 Å². The number of aliphatic carboxylic acids is 1. The molecule has 5 heteroatoms. The Hall–Kier alpha value is -1.26. The van der Waals surface area contributed by atoms with E-state index in [-0.39, 0.29) is 18.0 Å². The minimum absolute atomic E-state index is 0.0353. The summed E-state index contributed by atoms with van der Waals surface area (Å²) in [4.78, 5) is 27.0. The second-order valence-electron chi connectivity index (χ2n) is 5.44. The molecule has 0 saturated carbocycles. The molecule has 0 aliphatic carbocycles. The molecule has 2 fully saturated rings. The second-order valence-corrected chi connectivity index (χ2v) is 5.44. The molecule has 0 aromatic rings. The van der Waals surface area contributed by atoms with Crippen LogP contribution in [0.5, 0.6) is 0 Å². The van der Waals surface area contributed by atoms with E-state index in [1.807, 2.05) is 4.90 Å². The molecular weight excluding hydrogens is 232 g/mol. The van der Waals surface area contributed by atoms with Crippen molar-refractivity contribution in [1.82, 2.24) is 9.80 Å². The van der Waals surface area contributed by atoms with Crippen molar-refractivity contribution in [3.63, 3.8) is 0 Å². The fraction of sp³-hybridized carbons (Fsp3) is 0.846. The normalized spacial score (nSPS) is 29.2. The highest BCUT2D eigenvalue weighted by molar-refractivity contribution is 5.77. The number of carboxylic acid groups (broad SMARTS) is 1. The summed E-state index contributed by atoms with van der Waals surface area (Å²) in [5, 5.41) is 9.05. The van der Waals surface area contributed by atoms with E-state index in [1.54, 1.807) is 4.90 Å². The van der Waals surface area contributed by atoms with Crippen LogP contribution in [0.3, 0.4) is 0 Å². The van der Waals surface area contributed by atoms with Gasteiger partial charge in [0, 0.05) is 25.7 Å². The van der Waals surface area contributed by atoms with E-state index in [9.17, 15) is 9.59 Å². The van der Waals surface area contributed by atoms with Gasteiger partial charge in [-0.25, -0.2) is 4.79 Å². The number of nitrogens with zero attached hydrogens (tertiary/aromatic N) is 2. The summed E-state index contributed by atoms with van der Waals surface area (Å²) in [5.41, 5.74) is 0. The predicted molar refractivity (Wildman–Crippen MR) is 67.3 cm³/mol. The molecular formula is C13H22N2O3. The number of carbonyl (C=O) groups excluding carboxylic acids is 1. The molecule has 2 aliphatic heterocycles. The molecule has 1 unspecified atom stereocenters. The quantitative estimate of drug-likeness (QED) is 0.776. The minimum Gasteiger partial charge on any atom is -0.481 e. The van der Waals surface area contributed by atoms with Crippen LogP contribution in [-0.4, -0.2) is 52.6 Å². The molecule has 0 radical (unpaired) electrons. The van der Waals surface area contributed by atoms with Gasteiger partial charge in [0.2, 0.25) is 0 Å². The van der Waals surface area contributed by atoms with Crippen LogP contribution in [0.25, 0.3) is 0 Å². The first-order valence-corrected chi connectivity index (χ1v) is 6.88. The monoisotopic (exact) mass is 254 g/mol. The largest absolute Gasteiger partial charge is 0.481 e. The maximum Gasteiger partial charge on any atom is 0.320 e. The SMILES string of the molecule is CC1CCCCN1C(=O)N1CCC[C@H](C(=O)O)C1. The maximum atomic E-state index is 12.4. The highest BCUT2D eigenvalue weighted by Crippen LogP contribution is 2.22. The van der Waals surface area contributed by atoms with E-state index in [1.165, 1.54) is 6.42 Å². The Morgan fingerprint density at radius 2 is 1.89 bits per heavy atom. The van der Waals surface area contributed by atoms with Crippen molar-refractivity contribution < 1.29 is 14.7 Å². The summed E-state index contributed by atoms with van der Waals surface area (Å²) in [6.45, 7) is 3.97. The van der Waals surface area contributed by atoms with Crippen LogP contribution in [0.1, 0.15) is 39.0 Å². The third-order valence-electron chi connectivity index (χ3n) is 4.09. The number of hydrogen-bond acceptors (Lipinski definition) is 2. The molecule has 0 aromatic heterocycles. The number of rotatable bonds is 1. The van der Waals surface area contributed by atoms with E-state index in [0.717, 1.165) is 25.8 Å². The summed E-state index contributed by atoms with van der Waals surface area (Å²) in [7, 11) is 0. The Bertz CT molecular complexity index is 332. The number of amides is 2. The molecule has 0 spiro atoms. The molecule has 2 rings (SSSR count). The van der Waals surface area contributed by atoms with Crippen LogP contribution in [0.15, 0.2) is 0 Å². The molecule has 102 valence electrons. The van der Waals surface area contributed by atoms with Gasteiger partial charge in [-0.2, -0.15) is 0 Å². The molecule has 2 heterocycles. The zero-order chi connectivity index (χ0) is 13.1. The number of likely N-dealkylation sites (tertiary alicyclic amines) is 2. The lowest BCUT2D eigenvalue weighted by Crippen LogP contribution is -2.52. The third kappa shape index (κ3) is 2.76. The lowest BCUT2D eigenvalue weighted by molar-refractivity contribution is -0.143. The smallest absolute Gasteiger partial charge is 0.320 e. The van der Waals surface area contributed by atoms with E-state index in [0.29, 0.717) is 19.5 Å². The molecule has 1 N–H and O–H groups in total. The van der Waals surface area contributed by atoms with Crippen LogP contribution in [0.2, 0.25) is 0 Å². The lowest BCUT2D eigenvalue weighted by Gasteiger charge is -2.39. The van der Waals surface area contributed by atoms with Crippen molar-refractivity contribution in [2.45, 2.75) is 45.1 Å². The van der Waals surface area contributed by atoms with Gasteiger partial charge in [-0.1, -0.05) is 0 Å². The summed E-state index contributed by atoms with van der Waals surface area (Å²) in [5.74, 6) is -1.16. The van der Waals surface area contributed by atoms with Crippen LogP contribution in [0.4, 0.5) is 4.79 Å². The van der Waals surface area contributed by atoms with Gasteiger partial charge in [0.1, 0.15) is 0 Å². The van der Waals surface area contributed by atoms with Crippen LogP contribution in [0, 0.1) is 5.92 Å². The predicted octanol–water partition coefficient (Wildman–Crippen LogP) is 1.78. The molecule has 2 atom stereocenters. The second kappa shape index (κ2) is 5.59. The van der Waals surface area contributed by atoms with E-state index in [2.05, 4.69) is 6.92 Å². The zero-order valence-electron chi connectivity index (χ0n) is 11.0. The van der Waals surface area contributed by atoms with E-state index >= 15 is 0 Å². The Morgan fingerprint density at radius 3 is 2.56 bits per heavy atom. The Kier molecular flexibility index (Phi) is 4.09. The number of hydrogen-bond donors (Lipinski definition) is 1. The first kappa shape index (κ1) is 13.2. The molecule has 2 aliphatic rings. The zero-order valence-corrected chi connectivity index (χ0v) is 11.0. The van der Waals surface area contributed by atoms with Crippen molar-refractivity contribution in [1.29, 1.82) is 0 Å². The number of piperidine rings is 2. The topological polar surface area (TPSA) is 60.9 Å². The van der Waals surface area contributed by atoms with Crippen LogP contribution >= 0.6 is 0 Å². The summed E-state index contributed by atoms with van der Waals surface area (Å²) in [6, 6.07) is 0.324. The minimum atomic E-state index is -0.779. The van der Waals surface area contributed by atoms with Gasteiger partial charge in [-0.05, 0) is 39.0 Å². The molecule has 2 saturated heterocycles. The molecule has 18 heavy (non-hydrogen) atoms. The highest BCUT2D eigenvalue weighted by Gasteiger charge is 2.32. The van der Waals surface area contributed by atoms with Crippen molar-refractivity contribution in [2.75, 3.05) is 19.6 Å². The van der Waals surface area contributed by atoms with Gasteiger partial charge in [-0.15, -0.1) is 0 Å². The molecule has 0 aromatic carbocycles. The fourth-order valence-electron chi connectivity index (χ4n) is 2.92. The molecule has 5 nitrogen and oxygen atoms in total. The van der Waals surface area contributed by atoms with E-state index < -0.39 is 5.97 Å². The summed E-state index contributed by atoms with van der Waals surface area (Å²) in [6.07, 6.45) is 4.79. The number of carbonyl (C=O) groups is 2. The van der Waals surface area contributed by atoms with Crippen molar-refractivity contribution in [3.05, 3.63) is 0 Å². The first-order valence-electron chi connectivity index (χ1n) is 6.88. The van der Waals surface area contributed by atoms with Gasteiger partial charge in [0.05, 0.1) is 5.92 Å². The van der Waals surface area contributed by atoms with E-state index in [4.69, 9.17) is 5.11 Å². The number of urea groups is 1. The maximum absolute atomic E-state index is 12.4. The average Bonchev–Trinajstić information content (AvgIpc) is 2.38. The van der Waals surface area contributed by atoms with Crippen molar-refractivity contribution in [3.8, 4) is 0 Å². The first-order chi connectivity index (χ1) is 8.59. The standard InChI is InChI=1S/C13H22N2O3/c1-10-5-2-3-8-15(10)13(18)14-7-4-6-11(9-14)12(16)17/h10-11H,2-9H2,1H3,(H,16,17)/t10?,11-/m0/s1. The van der Waals surface area contributed by atoms with Gasteiger partial charge >= 0.3 is 12.0 Å². The summed E-state index contributed by atoms with van der Waals surface area (Å²) >= 11 is 0. The lowest BCUT2D eigenvalue weighted by atomic mass is 9.98. The highest BCUT2D eigenvalue weighted by atomic mass is 16.4. The average molecular weight is 254 g/mol. The van der Waals surface area contributed by atoms with Gasteiger partial charge in [0.15, 0.2) is 0 Å². The summed E-state index contributed by atoms with van der Waals surface area (Å²) < 4.78 is 0. The van der Waals surface area contributed by atoms with Crippen LogP contribution in [-0.2, 0) is 4.79 Å². The van der Waals surface area contributed by atoms with Crippen molar-refractivity contribution in [2.24, 2.45) is 5.92 Å². The van der Waals surface area contributed by atoms with Crippen molar-refractivity contribution >= 4 is 12.0 Å². The number of carboxylic acids is 1. The van der Waals surface area contributed by atoms with Gasteiger partial charge in [-0.3, -0.25) is 4.79 Å². The molecule has 0 bridgehead atoms.